The molecule has 2 N–H and O–H groups in total. The summed E-state index contributed by atoms with van der Waals surface area (Å²) in [6.07, 6.45) is -0.816. The van der Waals surface area contributed by atoms with Crippen LogP contribution >= 0.6 is 27.5 Å². The highest BCUT2D eigenvalue weighted by atomic mass is 79.9. The minimum Gasteiger partial charge on any atom is -0.479 e. The molecule has 3 aromatic rings. The van der Waals surface area contributed by atoms with E-state index in [1.54, 1.807) is 18.2 Å². The van der Waals surface area contributed by atoms with Crippen LogP contribution in [0.3, 0.4) is 0 Å². The van der Waals surface area contributed by atoms with Crippen LogP contribution in [-0.2, 0) is 9.53 Å². The number of carbonyl (C=O) groups excluding carboxylic acids is 1. The molecule has 5 nitrogen and oxygen atoms in total. The van der Waals surface area contributed by atoms with Crippen LogP contribution in [-0.4, -0.2) is 23.8 Å². The lowest BCUT2D eigenvalue weighted by Crippen LogP contribution is -2.35. The van der Waals surface area contributed by atoms with E-state index < -0.39 is 18.1 Å². The van der Waals surface area contributed by atoms with Gasteiger partial charge in [-0.3, -0.25) is 0 Å². The van der Waals surface area contributed by atoms with Gasteiger partial charge >= 0.3 is 12.1 Å². The van der Waals surface area contributed by atoms with Crippen molar-refractivity contribution in [1.29, 1.82) is 0 Å². The number of rotatable bonds is 5. The molecular weight excluding hydrogens is 470 g/mol. The molecule has 1 amide bonds. The molecule has 0 aliphatic heterocycles. The van der Waals surface area contributed by atoms with Gasteiger partial charge in [0.25, 0.3) is 0 Å². The summed E-state index contributed by atoms with van der Waals surface area (Å²) in [4.78, 5) is 24.2. The van der Waals surface area contributed by atoms with Crippen molar-refractivity contribution in [3.63, 3.8) is 0 Å². The van der Waals surface area contributed by atoms with E-state index in [1.165, 1.54) is 0 Å². The van der Waals surface area contributed by atoms with Crippen LogP contribution in [0.25, 0.3) is 11.1 Å². The first-order valence-electron chi connectivity index (χ1n) is 9.25. The normalized spacial score (nSPS) is 13.3. The maximum Gasteiger partial charge on any atom is 0.408 e. The number of nitrogens with one attached hydrogen (secondary N) is 1. The van der Waals surface area contributed by atoms with Crippen LogP contribution in [0.1, 0.15) is 28.7 Å². The average molecular weight is 487 g/mol. The monoisotopic (exact) mass is 485 g/mol. The Bertz CT molecular complexity index is 1090. The molecule has 3 aromatic carbocycles. The summed E-state index contributed by atoms with van der Waals surface area (Å²) in [5, 5.41) is 12.2. The highest BCUT2D eigenvalue weighted by Crippen LogP contribution is 2.44. The summed E-state index contributed by atoms with van der Waals surface area (Å²) in [6, 6.07) is 19.5. The lowest BCUT2D eigenvalue weighted by atomic mass is 9.98. The molecule has 0 heterocycles. The van der Waals surface area contributed by atoms with E-state index in [4.69, 9.17) is 16.3 Å². The van der Waals surface area contributed by atoms with E-state index in [0.717, 1.165) is 22.3 Å². The van der Waals surface area contributed by atoms with Crippen molar-refractivity contribution >= 4 is 39.6 Å². The number of amides is 1. The molecule has 4 rings (SSSR count). The molecule has 0 aromatic heterocycles. The molecule has 7 heteroatoms. The van der Waals surface area contributed by atoms with E-state index in [-0.39, 0.29) is 23.1 Å². The third-order valence-electron chi connectivity index (χ3n) is 5.13. The van der Waals surface area contributed by atoms with Gasteiger partial charge in [-0.05, 0) is 34.4 Å². The van der Waals surface area contributed by atoms with Crippen LogP contribution in [0.2, 0.25) is 5.02 Å². The highest BCUT2D eigenvalue weighted by molar-refractivity contribution is 9.10. The van der Waals surface area contributed by atoms with Gasteiger partial charge in [0.05, 0.1) is 0 Å². The summed E-state index contributed by atoms with van der Waals surface area (Å²) in [6.45, 7) is 0.0975. The second kappa shape index (κ2) is 8.50. The predicted octanol–water partition coefficient (Wildman–Crippen LogP) is 5.77. The second-order valence-corrected chi connectivity index (χ2v) is 8.23. The van der Waals surface area contributed by atoms with Gasteiger partial charge in [-0.2, -0.15) is 0 Å². The standard InChI is InChI=1S/C23H17BrClNO4/c24-13-9-10-18(20(25)11-13)21(22(27)28)26-23(29)30-12-19-16-7-3-1-5-14(16)15-6-2-4-8-17(15)19/h1-11,19,21H,12H2,(H,26,29)(H,27,28). The number of carboxylic acid groups (broad SMARTS) is 1. The molecule has 1 aliphatic carbocycles. The zero-order chi connectivity index (χ0) is 21.3. The molecule has 1 unspecified atom stereocenters. The van der Waals surface area contributed by atoms with Crippen molar-refractivity contribution < 1.29 is 19.4 Å². The molecule has 0 saturated heterocycles. The molecule has 0 bridgehead atoms. The Balaban J connectivity index is 1.50. The number of carboxylic acids is 1. The first-order chi connectivity index (χ1) is 14.5. The topological polar surface area (TPSA) is 75.6 Å². The fraction of sp³-hybridized carbons (Fsp3) is 0.130. The molecule has 0 spiro atoms. The number of carbonyl (C=O) groups is 2. The molecule has 1 atom stereocenters. The summed E-state index contributed by atoms with van der Waals surface area (Å²) >= 11 is 9.44. The number of aliphatic carboxylic acids is 1. The maximum atomic E-state index is 12.4. The Hall–Kier alpha value is -2.83. The van der Waals surface area contributed by atoms with Crippen molar-refractivity contribution in [3.05, 3.63) is 92.9 Å². The number of halogens is 2. The lowest BCUT2D eigenvalue weighted by molar-refractivity contribution is -0.139. The molecular formula is C23H17BrClNO4. The lowest BCUT2D eigenvalue weighted by Gasteiger charge is -2.18. The Labute approximate surface area is 186 Å². The maximum absolute atomic E-state index is 12.4. The minimum atomic E-state index is -1.32. The van der Waals surface area contributed by atoms with Gasteiger partial charge in [0.15, 0.2) is 6.04 Å². The molecule has 0 saturated carbocycles. The van der Waals surface area contributed by atoms with E-state index in [2.05, 4.69) is 21.2 Å². The largest absolute Gasteiger partial charge is 0.479 e. The number of hydrogen-bond donors (Lipinski definition) is 2. The van der Waals surface area contributed by atoms with E-state index >= 15 is 0 Å². The Kier molecular flexibility index (Phi) is 5.79. The van der Waals surface area contributed by atoms with Crippen molar-refractivity contribution in [2.75, 3.05) is 6.61 Å². The van der Waals surface area contributed by atoms with Gasteiger partial charge in [0.1, 0.15) is 6.61 Å². The van der Waals surface area contributed by atoms with Crippen LogP contribution in [0, 0.1) is 0 Å². The van der Waals surface area contributed by atoms with Gasteiger partial charge in [-0.1, -0.05) is 82.1 Å². The van der Waals surface area contributed by atoms with Crippen molar-refractivity contribution in [2.45, 2.75) is 12.0 Å². The summed E-state index contributed by atoms with van der Waals surface area (Å²) in [5.74, 6) is -1.34. The SMILES string of the molecule is O=C(NC(C(=O)O)c1ccc(Br)cc1Cl)OCC1c2ccccc2-c2ccccc21. The van der Waals surface area contributed by atoms with Crippen molar-refractivity contribution in [1.82, 2.24) is 5.32 Å². The quantitative estimate of drug-likeness (QED) is 0.480. The molecule has 0 fully saturated rings. The number of ether oxygens (including phenoxy) is 1. The van der Waals surface area contributed by atoms with Gasteiger partial charge < -0.3 is 15.2 Å². The first kappa shape index (κ1) is 20.4. The zero-order valence-corrected chi connectivity index (χ0v) is 18.0. The highest BCUT2D eigenvalue weighted by Gasteiger charge is 2.30. The van der Waals surface area contributed by atoms with Gasteiger partial charge in [-0.15, -0.1) is 0 Å². The van der Waals surface area contributed by atoms with Crippen LogP contribution in [0.5, 0.6) is 0 Å². The zero-order valence-electron chi connectivity index (χ0n) is 15.6. The Morgan fingerprint density at radius 2 is 1.63 bits per heavy atom. The number of benzene rings is 3. The molecule has 152 valence electrons. The fourth-order valence-electron chi connectivity index (χ4n) is 3.77. The van der Waals surface area contributed by atoms with Crippen LogP contribution in [0.4, 0.5) is 4.79 Å². The molecule has 1 aliphatic rings. The predicted molar refractivity (Wildman–Crippen MR) is 118 cm³/mol. The smallest absolute Gasteiger partial charge is 0.408 e. The van der Waals surface area contributed by atoms with Gasteiger partial charge in [0, 0.05) is 21.0 Å². The molecule has 30 heavy (non-hydrogen) atoms. The number of hydrogen-bond acceptors (Lipinski definition) is 3. The fourth-order valence-corrected chi connectivity index (χ4v) is 4.55. The number of fused-ring (bicyclic) bond motifs is 3. The number of alkyl carbamates (subject to hydrolysis) is 1. The van der Waals surface area contributed by atoms with Gasteiger partial charge in [-0.25, -0.2) is 9.59 Å². The third-order valence-corrected chi connectivity index (χ3v) is 5.95. The van der Waals surface area contributed by atoms with Crippen molar-refractivity contribution in [2.24, 2.45) is 0 Å². The van der Waals surface area contributed by atoms with Gasteiger partial charge in [0.2, 0.25) is 0 Å². The summed E-state index contributed by atoms with van der Waals surface area (Å²) in [7, 11) is 0. The second-order valence-electron chi connectivity index (χ2n) is 6.91. The molecule has 0 radical (unpaired) electrons. The van der Waals surface area contributed by atoms with E-state index in [9.17, 15) is 14.7 Å². The van der Waals surface area contributed by atoms with Crippen LogP contribution in [0.15, 0.2) is 71.2 Å². The Morgan fingerprint density at radius 3 is 2.20 bits per heavy atom. The van der Waals surface area contributed by atoms with Crippen molar-refractivity contribution in [3.8, 4) is 11.1 Å². The third kappa shape index (κ3) is 3.93. The summed E-state index contributed by atoms with van der Waals surface area (Å²) < 4.78 is 6.15. The summed E-state index contributed by atoms with van der Waals surface area (Å²) in [5.41, 5.74) is 4.68. The van der Waals surface area contributed by atoms with Crippen LogP contribution < -0.4 is 5.32 Å². The van der Waals surface area contributed by atoms with E-state index in [1.807, 2.05) is 48.5 Å². The minimum absolute atomic E-state index is 0.0975. The first-order valence-corrected chi connectivity index (χ1v) is 10.4. The Morgan fingerprint density at radius 1 is 1.03 bits per heavy atom. The average Bonchev–Trinajstić information content (AvgIpc) is 3.05. The van der Waals surface area contributed by atoms with E-state index in [0.29, 0.717) is 4.47 Å².